The van der Waals surface area contributed by atoms with Crippen molar-refractivity contribution in [2.75, 3.05) is 11.1 Å². The van der Waals surface area contributed by atoms with E-state index in [1.54, 1.807) is 6.26 Å². The molecule has 106 valence electrons. The third-order valence-corrected chi connectivity index (χ3v) is 2.93. The third-order valence-electron chi connectivity index (χ3n) is 2.93. The molecule has 4 N–H and O–H groups in total. The van der Waals surface area contributed by atoms with Crippen LogP contribution in [0.4, 0.5) is 11.5 Å². The number of nitrogens with zero attached hydrogens (tertiary/aromatic N) is 1. The summed E-state index contributed by atoms with van der Waals surface area (Å²) in [5, 5.41) is 12.0. The van der Waals surface area contributed by atoms with E-state index in [0.717, 1.165) is 18.6 Å². The number of nitrogens with two attached hydrogens (primary N) is 1. The van der Waals surface area contributed by atoms with Crippen molar-refractivity contribution >= 4 is 17.5 Å². The van der Waals surface area contributed by atoms with Crippen molar-refractivity contribution in [1.29, 1.82) is 0 Å². The van der Waals surface area contributed by atoms with E-state index in [0.29, 0.717) is 11.5 Å². The van der Waals surface area contributed by atoms with E-state index in [9.17, 15) is 4.79 Å². The van der Waals surface area contributed by atoms with Gasteiger partial charge in [-0.1, -0.05) is 0 Å². The number of pyridine rings is 1. The summed E-state index contributed by atoms with van der Waals surface area (Å²) in [6.45, 7) is 1.98. The Morgan fingerprint density at radius 2 is 2.30 bits per heavy atom. The van der Waals surface area contributed by atoms with Gasteiger partial charge in [0.15, 0.2) is 5.69 Å². The van der Waals surface area contributed by atoms with Crippen LogP contribution in [0.3, 0.4) is 0 Å². The van der Waals surface area contributed by atoms with Crippen molar-refractivity contribution in [3.05, 3.63) is 42.0 Å². The van der Waals surface area contributed by atoms with Gasteiger partial charge in [-0.05, 0) is 37.6 Å². The number of carboxylic acid groups (broad SMARTS) is 1. The lowest BCUT2D eigenvalue weighted by Gasteiger charge is -2.15. The predicted octanol–water partition coefficient (Wildman–Crippen LogP) is 2.39. The lowest BCUT2D eigenvalue weighted by Crippen LogP contribution is -2.19. The standard InChI is InChI=1S/C14H17N3O3/c1-9(4-5-10-3-2-8-20-10)16-13-11(15)6-7-12(17-13)14(18)19/h2-3,6-9H,4-5,15H2,1H3,(H,16,17)(H,18,19). The Labute approximate surface area is 116 Å². The summed E-state index contributed by atoms with van der Waals surface area (Å²) in [5.74, 6) is 0.243. The van der Waals surface area contributed by atoms with Crippen LogP contribution in [0.2, 0.25) is 0 Å². The molecule has 0 spiro atoms. The number of furan rings is 1. The van der Waals surface area contributed by atoms with Crippen LogP contribution in [-0.4, -0.2) is 22.1 Å². The summed E-state index contributed by atoms with van der Waals surface area (Å²) in [6, 6.07) is 6.79. The van der Waals surface area contributed by atoms with E-state index in [1.165, 1.54) is 12.1 Å². The summed E-state index contributed by atoms with van der Waals surface area (Å²) in [6.07, 6.45) is 3.26. The molecule has 0 aromatic carbocycles. The fourth-order valence-electron chi connectivity index (χ4n) is 1.82. The van der Waals surface area contributed by atoms with Crippen molar-refractivity contribution in [3.63, 3.8) is 0 Å². The Morgan fingerprint density at radius 3 is 2.95 bits per heavy atom. The first-order valence-electron chi connectivity index (χ1n) is 6.35. The second kappa shape index (κ2) is 6.10. The van der Waals surface area contributed by atoms with Crippen LogP contribution in [0.25, 0.3) is 0 Å². The topological polar surface area (TPSA) is 101 Å². The number of nitrogen functional groups attached to an aromatic ring is 1. The van der Waals surface area contributed by atoms with E-state index in [1.807, 2.05) is 19.1 Å². The van der Waals surface area contributed by atoms with Gasteiger partial charge in [0.2, 0.25) is 0 Å². The van der Waals surface area contributed by atoms with Gasteiger partial charge < -0.3 is 20.6 Å². The molecule has 6 heteroatoms. The monoisotopic (exact) mass is 275 g/mol. The first-order valence-corrected chi connectivity index (χ1v) is 6.35. The number of aryl methyl sites for hydroxylation is 1. The van der Waals surface area contributed by atoms with Gasteiger partial charge in [-0.3, -0.25) is 0 Å². The first kappa shape index (κ1) is 13.9. The van der Waals surface area contributed by atoms with Crippen LogP contribution in [0.5, 0.6) is 0 Å². The maximum absolute atomic E-state index is 10.9. The minimum atomic E-state index is -1.07. The zero-order valence-corrected chi connectivity index (χ0v) is 11.2. The molecule has 0 bridgehead atoms. The Bertz CT molecular complexity index is 581. The second-order valence-electron chi connectivity index (χ2n) is 4.60. The summed E-state index contributed by atoms with van der Waals surface area (Å²) in [7, 11) is 0. The molecule has 0 saturated carbocycles. The highest BCUT2D eigenvalue weighted by Crippen LogP contribution is 2.18. The van der Waals surface area contributed by atoms with Gasteiger partial charge >= 0.3 is 5.97 Å². The molecule has 0 aliphatic heterocycles. The second-order valence-corrected chi connectivity index (χ2v) is 4.60. The molecule has 1 unspecified atom stereocenters. The molecule has 20 heavy (non-hydrogen) atoms. The maximum atomic E-state index is 10.9. The minimum absolute atomic E-state index is 0.0278. The number of hydrogen-bond donors (Lipinski definition) is 3. The molecule has 2 heterocycles. The van der Waals surface area contributed by atoms with Gasteiger partial charge in [0.25, 0.3) is 0 Å². The van der Waals surface area contributed by atoms with Crippen molar-refractivity contribution in [2.45, 2.75) is 25.8 Å². The number of aromatic carboxylic acids is 1. The fourth-order valence-corrected chi connectivity index (χ4v) is 1.82. The molecular formula is C14H17N3O3. The zero-order chi connectivity index (χ0) is 14.5. The first-order chi connectivity index (χ1) is 9.56. The van der Waals surface area contributed by atoms with E-state index >= 15 is 0 Å². The van der Waals surface area contributed by atoms with Crippen molar-refractivity contribution in [3.8, 4) is 0 Å². The summed E-state index contributed by atoms with van der Waals surface area (Å²) < 4.78 is 5.26. The number of rotatable bonds is 6. The molecule has 0 aliphatic rings. The largest absolute Gasteiger partial charge is 0.477 e. The van der Waals surface area contributed by atoms with E-state index < -0.39 is 5.97 Å². The van der Waals surface area contributed by atoms with Crippen LogP contribution >= 0.6 is 0 Å². The lowest BCUT2D eigenvalue weighted by atomic mass is 10.1. The molecule has 0 saturated heterocycles. The normalized spacial score (nSPS) is 12.1. The Morgan fingerprint density at radius 1 is 1.50 bits per heavy atom. The Hall–Kier alpha value is -2.50. The third kappa shape index (κ3) is 3.50. The highest BCUT2D eigenvalue weighted by Gasteiger charge is 2.11. The molecule has 2 rings (SSSR count). The zero-order valence-electron chi connectivity index (χ0n) is 11.2. The highest BCUT2D eigenvalue weighted by atomic mass is 16.4. The van der Waals surface area contributed by atoms with Crippen LogP contribution in [-0.2, 0) is 6.42 Å². The number of nitrogens with one attached hydrogen (secondary N) is 1. The SMILES string of the molecule is CC(CCc1ccco1)Nc1nc(C(=O)O)ccc1N. The molecule has 1 atom stereocenters. The van der Waals surface area contributed by atoms with Crippen LogP contribution in [0.1, 0.15) is 29.6 Å². The van der Waals surface area contributed by atoms with Gasteiger partial charge in [-0.25, -0.2) is 9.78 Å². The molecule has 0 amide bonds. The lowest BCUT2D eigenvalue weighted by molar-refractivity contribution is 0.0690. The quantitative estimate of drug-likeness (QED) is 0.748. The number of carboxylic acids is 1. The number of aromatic nitrogens is 1. The van der Waals surface area contributed by atoms with Gasteiger partial charge in [0.1, 0.15) is 11.6 Å². The summed E-state index contributed by atoms with van der Waals surface area (Å²) in [4.78, 5) is 14.9. The van der Waals surface area contributed by atoms with Crippen LogP contribution in [0, 0.1) is 0 Å². The van der Waals surface area contributed by atoms with Crippen LogP contribution in [0.15, 0.2) is 34.9 Å². The maximum Gasteiger partial charge on any atom is 0.354 e. The molecule has 2 aromatic heterocycles. The molecule has 0 aliphatic carbocycles. The fraction of sp³-hybridized carbons (Fsp3) is 0.286. The van der Waals surface area contributed by atoms with Gasteiger partial charge in [-0.2, -0.15) is 0 Å². The number of hydrogen-bond acceptors (Lipinski definition) is 5. The van der Waals surface area contributed by atoms with E-state index in [2.05, 4.69) is 10.3 Å². The molecule has 6 nitrogen and oxygen atoms in total. The van der Waals surface area contributed by atoms with E-state index in [-0.39, 0.29) is 11.7 Å². The summed E-state index contributed by atoms with van der Waals surface area (Å²) >= 11 is 0. The van der Waals surface area contributed by atoms with E-state index in [4.69, 9.17) is 15.3 Å². The molecule has 0 fully saturated rings. The summed E-state index contributed by atoms with van der Waals surface area (Å²) in [5.41, 5.74) is 6.19. The molecular weight excluding hydrogens is 258 g/mol. The van der Waals surface area contributed by atoms with Crippen molar-refractivity contribution in [2.24, 2.45) is 0 Å². The molecule has 2 aromatic rings. The Balaban J connectivity index is 1.98. The smallest absolute Gasteiger partial charge is 0.354 e. The average Bonchev–Trinajstić information content (AvgIpc) is 2.92. The number of anilines is 2. The predicted molar refractivity (Wildman–Crippen MR) is 75.7 cm³/mol. The van der Waals surface area contributed by atoms with Gasteiger partial charge in [0, 0.05) is 12.5 Å². The van der Waals surface area contributed by atoms with Gasteiger partial charge in [0.05, 0.1) is 12.0 Å². The van der Waals surface area contributed by atoms with Crippen LogP contribution < -0.4 is 11.1 Å². The minimum Gasteiger partial charge on any atom is -0.477 e. The van der Waals surface area contributed by atoms with Crippen molar-refractivity contribution in [1.82, 2.24) is 4.98 Å². The Kier molecular flexibility index (Phi) is 4.24. The molecule has 0 radical (unpaired) electrons. The number of carbonyl (C=O) groups is 1. The average molecular weight is 275 g/mol. The highest BCUT2D eigenvalue weighted by molar-refractivity contribution is 5.86. The van der Waals surface area contributed by atoms with Gasteiger partial charge in [-0.15, -0.1) is 0 Å². The van der Waals surface area contributed by atoms with Crippen molar-refractivity contribution < 1.29 is 14.3 Å².